The second-order valence-electron chi connectivity index (χ2n) is 5.98. The van der Waals surface area contributed by atoms with Gasteiger partial charge in [0, 0.05) is 5.56 Å². The highest BCUT2D eigenvalue weighted by atomic mass is 32.2. The summed E-state index contributed by atoms with van der Waals surface area (Å²) in [5.41, 5.74) is 3.15. The van der Waals surface area contributed by atoms with Crippen LogP contribution in [0, 0.1) is 0 Å². The first-order valence-electron chi connectivity index (χ1n) is 8.68. The SMILES string of the molecule is COc1cccc(C(=O)NN2C(=O)/C(=C\c3ccc(OC)c(OC(F)F)c3)SC2=S)c1. The predicted molar refractivity (Wildman–Crippen MR) is 115 cm³/mol. The van der Waals surface area contributed by atoms with Crippen molar-refractivity contribution in [3.8, 4) is 17.2 Å². The zero-order valence-corrected chi connectivity index (χ0v) is 17.9. The van der Waals surface area contributed by atoms with Crippen molar-refractivity contribution in [1.29, 1.82) is 0 Å². The molecule has 31 heavy (non-hydrogen) atoms. The van der Waals surface area contributed by atoms with Crippen molar-refractivity contribution in [1.82, 2.24) is 10.4 Å². The Kier molecular flexibility index (Phi) is 7.08. The molecule has 2 amide bonds. The number of carbonyl (C=O) groups excluding carboxylic acids is 2. The molecule has 7 nitrogen and oxygen atoms in total. The number of ether oxygens (including phenoxy) is 3. The molecule has 162 valence electrons. The summed E-state index contributed by atoms with van der Waals surface area (Å²) in [4.78, 5) is 25.4. The van der Waals surface area contributed by atoms with E-state index in [1.54, 1.807) is 24.3 Å². The number of halogens is 2. The minimum Gasteiger partial charge on any atom is -0.497 e. The van der Waals surface area contributed by atoms with Gasteiger partial charge in [0.25, 0.3) is 11.8 Å². The Balaban J connectivity index is 1.79. The normalized spacial score (nSPS) is 14.9. The van der Waals surface area contributed by atoms with Gasteiger partial charge in [0.2, 0.25) is 0 Å². The van der Waals surface area contributed by atoms with Gasteiger partial charge in [0.05, 0.1) is 19.1 Å². The first-order valence-corrected chi connectivity index (χ1v) is 9.90. The average molecular weight is 466 g/mol. The van der Waals surface area contributed by atoms with Gasteiger partial charge in [-0.15, -0.1) is 0 Å². The molecule has 0 saturated carbocycles. The lowest BCUT2D eigenvalue weighted by Gasteiger charge is -2.15. The van der Waals surface area contributed by atoms with E-state index in [-0.39, 0.29) is 26.3 Å². The molecule has 0 aliphatic carbocycles. The smallest absolute Gasteiger partial charge is 0.387 e. The third-order valence-electron chi connectivity index (χ3n) is 4.04. The maximum Gasteiger partial charge on any atom is 0.387 e. The van der Waals surface area contributed by atoms with Crippen LogP contribution in [0.15, 0.2) is 47.4 Å². The van der Waals surface area contributed by atoms with Crippen molar-refractivity contribution in [2.24, 2.45) is 0 Å². The second-order valence-corrected chi connectivity index (χ2v) is 7.65. The van der Waals surface area contributed by atoms with Crippen LogP contribution in [0.25, 0.3) is 6.08 Å². The summed E-state index contributed by atoms with van der Waals surface area (Å²) in [5, 5.41) is 0.952. The maximum absolute atomic E-state index is 12.7. The zero-order chi connectivity index (χ0) is 22.5. The molecule has 1 fully saturated rings. The van der Waals surface area contributed by atoms with Gasteiger partial charge in [-0.2, -0.15) is 13.8 Å². The number of hydrogen-bond donors (Lipinski definition) is 1. The maximum atomic E-state index is 12.7. The Hall–Kier alpha value is -3.18. The Bertz CT molecular complexity index is 1060. The summed E-state index contributed by atoms with van der Waals surface area (Å²) in [6.45, 7) is -3.03. The minimum atomic E-state index is -3.03. The lowest BCUT2D eigenvalue weighted by Crippen LogP contribution is -2.44. The van der Waals surface area contributed by atoms with Gasteiger partial charge in [-0.1, -0.05) is 23.9 Å². The van der Waals surface area contributed by atoms with Crippen LogP contribution in [0.2, 0.25) is 0 Å². The first-order chi connectivity index (χ1) is 14.8. The van der Waals surface area contributed by atoms with Crippen LogP contribution in [-0.2, 0) is 4.79 Å². The summed E-state index contributed by atoms with van der Waals surface area (Å²) in [5.74, 6) is -0.672. The monoisotopic (exact) mass is 466 g/mol. The Labute approximate surface area is 185 Å². The number of nitrogens with one attached hydrogen (secondary N) is 1. The van der Waals surface area contributed by atoms with Crippen molar-refractivity contribution in [2.75, 3.05) is 14.2 Å². The fraction of sp³-hybridized carbons (Fsp3) is 0.150. The number of thiocarbonyl (C=S) groups is 1. The van der Waals surface area contributed by atoms with Gasteiger partial charge in [-0.3, -0.25) is 15.0 Å². The van der Waals surface area contributed by atoms with Gasteiger partial charge in [-0.05, 0) is 54.2 Å². The Morgan fingerprint density at radius 3 is 2.61 bits per heavy atom. The van der Waals surface area contributed by atoms with Crippen LogP contribution in [0.1, 0.15) is 15.9 Å². The largest absolute Gasteiger partial charge is 0.497 e. The lowest BCUT2D eigenvalue weighted by atomic mass is 10.2. The number of hydrogen-bond acceptors (Lipinski definition) is 7. The third-order valence-corrected chi connectivity index (χ3v) is 5.34. The Morgan fingerprint density at radius 2 is 1.94 bits per heavy atom. The van der Waals surface area contributed by atoms with Crippen LogP contribution < -0.4 is 19.6 Å². The molecule has 1 heterocycles. The van der Waals surface area contributed by atoms with E-state index in [1.165, 1.54) is 38.5 Å². The van der Waals surface area contributed by atoms with Crippen LogP contribution in [0.3, 0.4) is 0 Å². The van der Waals surface area contributed by atoms with E-state index in [2.05, 4.69) is 10.2 Å². The van der Waals surface area contributed by atoms with Gasteiger partial charge in [0.1, 0.15) is 5.75 Å². The predicted octanol–water partition coefficient (Wildman–Crippen LogP) is 3.85. The van der Waals surface area contributed by atoms with Crippen LogP contribution >= 0.6 is 24.0 Å². The highest BCUT2D eigenvalue weighted by molar-refractivity contribution is 8.26. The summed E-state index contributed by atoms with van der Waals surface area (Å²) in [6, 6.07) is 10.7. The number of alkyl halides is 2. The molecule has 2 aromatic rings. The molecular formula is C20H16F2N2O5S2. The van der Waals surface area contributed by atoms with Crippen molar-refractivity contribution in [3.05, 3.63) is 58.5 Å². The van der Waals surface area contributed by atoms with Crippen molar-refractivity contribution in [3.63, 3.8) is 0 Å². The van der Waals surface area contributed by atoms with Crippen LogP contribution in [0.5, 0.6) is 17.2 Å². The molecular weight excluding hydrogens is 450 g/mol. The van der Waals surface area contributed by atoms with E-state index in [0.717, 1.165) is 16.8 Å². The van der Waals surface area contributed by atoms with Crippen molar-refractivity contribution >= 4 is 46.2 Å². The standard InChI is InChI=1S/C20H16F2N2O5S2/c1-27-13-5-3-4-12(10-13)17(25)23-24-18(26)16(31-20(24)30)9-11-6-7-14(28-2)15(8-11)29-19(21)22/h3-10,19H,1-2H3,(H,23,25)/b16-9+. The molecule has 1 aliphatic heterocycles. The fourth-order valence-corrected chi connectivity index (χ4v) is 3.80. The molecule has 11 heteroatoms. The third kappa shape index (κ3) is 5.30. The van der Waals surface area contributed by atoms with Crippen LogP contribution in [0.4, 0.5) is 8.78 Å². The van der Waals surface area contributed by atoms with E-state index in [1.807, 2.05) is 0 Å². The number of rotatable bonds is 7. The van der Waals surface area contributed by atoms with Crippen LogP contribution in [-0.4, -0.2) is 42.0 Å². The number of thioether (sulfide) groups is 1. The lowest BCUT2D eigenvalue weighted by molar-refractivity contribution is -0.123. The topological polar surface area (TPSA) is 77.1 Å². The number of nitrogens with zero attached hydrogens (tertiary/aromatic N) is 1. The molecule has 2 aromatic carbocycles. The molecule has 1 N–H and O–H groups in total. The summed E-state index contributed by atoms with van der Waals surface area (Å²) < 4.78 is 39.9. The molecule has 0 spiro atoms. The molecule has 1 aliphatic rings. The summed E-state index contributed by atoms with van der Waals surface area (Å²) in [6.07, 6.45) is 1.45. The van der Waals surface area contributed by atoms with E-state index in [9.17, 15) is 18.4 Å². The molecule has 0 bridgehead atoms. The van der Waals surface area contributed by atoms with Gasteiger partial charge >= 0.3 is 6.61 Å². The number of carbonyl (C=O) groups is 2. The number of methoxy groups -OCH3 is 2. The highest BCUT2D eigenvalue weighted by Crippen LogP contribution is 2.34. The van der Waals surface area contributed by atoms with Gasteiger partial charge in [0.15, 0.2) is 15.8 Å². The van der Waals surface area contributed by atoms with Crippen molar-refractivity contribution < 1.29 is 32.6 Å². The Morgan fingerprint density at radius 1 is 1.16 bits per heavy atom. The molecule has 1 saturated heterocycles. The van der Waals surface area contributed by atoms with E-state index >= 15 is 0 Å². The second kappa shape index (κ2) is 9.75. The summed E-state index contributed by atoms with van der Waals surface area (Å²) >= 11 is 6.15. The van der Waals surface area contributed by atoms with Gasteiger partial charge < -0.3 is 14.2 Å². The van der Waals surface area contributed by atoms with E-state index < -0.39 is 18.4 Å². The number of benzene rings is 2. The molecule has 0 unspecified atom stereocenters. The van der Waals surface area contributed by atoms with Crippen molar-refractivity contribution in [2.45, 2.75) is 6.61 Å². The highest BCUT2D eigenvalue weighted by Gasteiger charge is 2.34. The summed E-state index contributed by atoms with van der Waals surface area (Å²) in [7, 11) is 2.80. The van der Waals surface area contributed by atoms with E-state index in [4.69, 9.17) is 21.7 Å². The number of hydrazine groups is 1. The molecule has 0 aromatic heterocycles. The van der Waals surface area contributed by atoms with Gasteiger partial charge in [-0.25, -0.2) is 0 Å². The van der Waals surface area contributed by atoms with E-state index in [0.29, 0.717) is 11.3 Å². The molecule has 0 atom stereocenters. The fourth-order valence-electron chi connectivity index (χ4n) is 2.62. The minimum absolute atomic E-state index is 0.116. The molecule has 3 rings (SSSR count). The number of amides is 2. The molecule has 0 radical (unpaired) electrons. The first kappa shape index (κ1) is 22.5. The average Bonchev–Trinajstić information content (AvgIpc) is 3.01. The zero-order valence-electron chi connectivity index (χ0n) is 16.3. The quantitative estimate of drug-likeness (QED) is 0.491.